The first-order chi connectivity index (χ1) is 9.98. The van der Waals surface area contributed by atoms with Crippen LogP contribution in [0.1, 0.15) is 53.4 Å². The van der Waals surface area contributed by atoms with E-state index in [-0.39, 0.29) is 25.2 Å². The van der Waals surface area contributed by atoms with E-state index >= 15 is 0 Å². The molecule has 21 heavy (non-hydrogen) atoms. The second-order valence-corrected chi connectivity index (χ2v) is 5.76. The van der Waals surface area contributed by atoms with E-state index in [1.807, 2.05) is 13.8 Å². The van der Waals surface area contributed by atoms with Gasteiger partial charge in [0.05, 0.1) is 19.3 Å². The second-order valence-electron chi connectivity index (χ2n) is 5.76. The first-order valence-electron chi connectivity index (χ1n) is 7.95. The third kappa shape index (κ3) is 4.19. The largest absolute Gasteiger partial charge is 0.465 e. The minimum Gasteiger partial charge on any atom is -0.465 e. The molecule has 1 unspecified atom stereocenters. The lowest BCUT2D eigenvalue weighted by atomic mass is 9.72. The summed E-state index contributed by atoms with van der Waals surface area (Å²) in [6, 6.07) is 0. The molecule has 1 aliphatic rings. The molecule has 1 atom stereocenters. The highest BCUT2D eigenvalue weighted by molar-refractivity contribution is 6.00. The van der Waals surface area contributed by atoms with Crippen molar-refractivity contribution in [1.29, 1.82) is 0 Å². The van der Waals surface area contributed by atoms with Gasteiger partial charge in [0, 0.05) is 13.0 Å². The van der Waals surface area contributed by atoms with Gasteiger partial charge in [-0.2, -0.15) is 0 Å². The summed E-state index contributed by atoms with van der Waals surface area (Å²) in [5, 5.41) is 0. The molecule has 1 saturated heterocycles. The molecule has 1 heterocycles. The highest BCUT2D eigenvalue weighted by Gasteiger charge is 2.53. The molecule has 0 aromatic heterocycles. The van der Waals surface area contributed by atoms with Gasteiger partial charge in [0.1, 0.15) is 0 Å². The Balaban J connectivity index is 3.03. The van der Waals surface area contributed by atoms with Crippen LogP contribution >= 0.6 is 0 Å². The van der Waals surface area contributed by atoms with Crippen LogP contribution in [0.15, 0.2) is 0 Å². The number of ether oxygens (including phenoxy) is 3. The Morgan fingerprint density at radius 3 is 2.10 bits per heavy atom. The molecule has 1 fully saturated rings. The standard InChI is InChI=1S/C16H28O5/c1-5-19-14(17)16(12(3)4,15(18)20-6-2)11-13-9-7-8-10-21-13/h12-13H,5-11H2,1-4H3. The molecule has 5 nitrogen and oxygen atoms in total. The lowest BCUT2D eigenvalue weighted by molar-refractivity contribution is -0.180. The van der Waals surface area contributed by atoms with Crippen molar-refractivity contribution in [2.75, 3.05) is 19.8 Å². The summed E-state index contributed by atoms with van der Waals surface area (Å²) in [6.07, 6.45) is 3.21. The molecule has 122 valence electrons. The Morgan fingerprint density at radius 2 is 1.71 bits per heavy atom. The van der Waals surface area contributed by atoms with Crippen LogP contribution in [0, 0.1) is 11.3 Å². The van der Waals surface area contributed by atoms with Gasteiger partial charge in [0.2, 0.25) is 0 Å². The molecule has 0 aliphatic carbocycles. The van der Waals surface area contributed by atoms with E-state index in [9.17, 15) is 9.59 Å². The Morgan fingerprint density at radius 1 is 1.14 bits per heavy atom. The van der Waals surface area contributed by atoms with E-state index < -0.39 is 17.4 Å². The fourth-order valence-electron chi connectivity index (χ4n) is 2.80. The van der Waals surface area contributed by atoms with Crippen LogP contribution in [0.5, 0.6) is 0 Å². The van der Waals surface area contributed by atoms with E-state index in [4.69, 9.17) is 14.2 Å². The van der Waals surface area contributed by atoms with Gasteiger partial charge in [0.15, 0.2) is 5.41 Å². The molecule has 5 heteroatoms. The number of esters is 2. The summed E-state index contributed by atoms with van der Waals surface area (Å²) >= 11 is 0. The first kappa shape index (κ1) is 18.0. The summed E-state index contributed by atoms with van der Waals surface area (Å²) in [5.41, 5.74) is -1.27. The summed E-state index contributed by atoms with van der Waals surface area (Å²) in [5.74, 6) is -1.19. The molecular formula is C16H28O5. The third-order valence-electron chi connectivity index (χ3n) is 4.09. The van der Waals surface area contributed by atoms with Crippen molar-refractivity contribution < 1.29 is 23.8 Å². The van der Waals surface area contributed by atoms with Crippen LogP contribution in [-0.4, -0.2) is 37.9 Å². The predicted octanol–water partition coefficient (Wildman–Crippen LogP) is 2.71. The van der Waals surface area contributed by atoms with Crippen molar-refractivity contribution in [2.24, 2.45) is 11.3 Å². The van der Waals surface area contributed by atoms with Gasteiger partial charge >= 0.3 is 11.9 Å². The van der Waals surface area contributed by atoms with Crippen molar-refractivity contribution in [3.05, 3.63) is 0 Å². The topological polar surface area (TPSA) is 61.8 Å². The van der Waals surface area contributed by atoms with E-state index in [2.05, 4.69) is 0 Å². The van der Waals surface area contributed by atoms with E-state index in [1.54, 1.807) is 13.8 Å². The Hall–Kier alpha value is -1.10. The third-order valence-corrected chi connectivity index (χ3v) is 4.09. The molecule has 0 bridgehead atoms. The molecular weight excluding hydrogens is 272 g/mol. The van der Waals surface area contributed by atoms with Crippen molar-refractivity contribution in [3.63, 3.8) is 0 Å². The second kappa shape index (κ2) is 8.37. The fourth-order valence-corrected chi connectivity index (χ4v) is 2.80. The molecule has 0 N–H and O–H groups in total. The zero-order valence-corrected chi connectivity index (χ0v) is 13.6. The molecule has 0 spiro atoms. The van der Waals surface area contributed by atoms with Crippen LogP contribution in [0.2, 0.25) is 0 Å². The van der Waals surface area contributed by atoms with Crippen molar-refractivity contribution >= 4 is 11.9 Å². The van der Waals surface area contributed by atoms with Gasteiger partial charge in [-0.15, -0.1) is 0 Å². The lowest BCUT2D eigenvalue weighted by Gasteiger charge is -2.36. The van der Waals surface area contributed by atoms with Crippen LogP contribution < -0.4 is 0 Å². The van der Waals surface area contributed by atoms with Gasteiger partial charge in [-0.3, -0.25) is 9.59 Å². The predicted molar refractivity (Wildman–Crippen MR) is 78.7 cm³/mol. The molecule has 0 aromatic rings. The van der Waals surface area contributed by atoms with E-state index in [0.717, 1.165) is 19.3 Å². The van der Waals surface area contributed by atoms with Crippen LogP contribution in [-0.2, 0) is 23.8 Å². The zero-order chi connectivity index (χ0) is 15.9. The van der Waals surface area contributed by atoms with Gasteiger partial charge < -0.3 is 14.2 Å². The minimum absolute atomic E-state index is 0.0880. The maximum Gasteiger partial charge on any atom is 0.323 e. The van der Waals surface area contributed by atoms with E-state index in [0.29, 0.717) is 13.0 Å². The van der Waals surface area contributed by atoms with Gasteiger partial charge in [-0.1, -0.05) is 13.8 Å². The van der Waals surface area contributed by atoms with E-state index in [1.165, 1.54) is 0 Å². The van der Waals surface area contributed by atoms with Crippen LogP contribution in [0.3, 0.4) is 0 Å². The zero-order valence-electron chi connectivity index (χ0n) is 13.6. The molecule has 1 rings (SSSR count). The molecule has 0 amide bonds. The Kier molecular flexibility index (Phi) is 7.15. The average Bonchev–Trinajstić information content (AvgIpc) is 2.45. The molecule has 0 aromatic carbocycles. The van der Waals surface area contributed by atoms with Gasteiger partial charge in [-0.25, -0.2) is 0 Å². The molecule has 0 radical (unpaired) electrons. The monoisotopic (exact) mass is 300 g/mol. The number of carbonyl (C=O) groups excluding carboxylic acids is 2. The Bertz CT molecular complexity index is 327. The highest BCUT2D eigenvalue weighted by Crippen LogP contribution is 2.38. The SMILES string of the molecule is CCOC(=O)C(CC1CCCCO1)(C(=O)OCC)C(C)C. The molecule has 0 saturated carbocycles. The normalized spacial score (nSPS) is 19.4. The lowest BCUT2D eigenvalue weighted by Crippen LogP contribution is -2.49. The minimum atomic E-state index is -1.27. The summed E-state index contributed by atoms with van der Waals surface area (Å²) < 4.78 is 16.1. The number of hydrogen-bond donors (Lipinski definition) is 0. The average molecular weight is 300 g/mol. The quantitative estimate of drug-likeness (QED) is 0.534. The smallest absolute Gasteiger partial charge is 0.323 e. The van der Waals surface area contributed by atoms with Crippen LogP contribution in [0.25, 0.3) is 0 Å². The summed E-state index contributed by atoms with van der Waals surface area (Å²) in [4.78, 5) is 25.0. The number of carbonyl (C=O) groups is 2. The number of rotatable bonds is 7. The van der Waals surface area contributed by atoms with Crippen molar-refractivity contribution in [2.45, 2.75) is 59.5 Å². The highest BCUT2D eigenvalue weighted by atomic mass is 16.6. The van der Waals surface area contributed by atoms with Crippen molar-refractivity contribution in [3.8, 4) is 0 Å². The Labute approximate surface area is 127 Å². The van der Waals surface area contributed by atoms with Crippen LogP contribution in [0.4, 0.5) is 0 Å². The maximum atomic E-state index is 12.5. The fraction of sp³-hybridized carbons (Fsp3) is 0.875. The summed E-state index contributed by atoms with van der Waals surface area (Å²) in [6.45, 7) is 8.38. The maximum absolute atomic E-state index is 12.5. The molecule has 1 aliphatic heterocycles. The van der Waals surface area contributed by atoms with Gasteiger partial charge in [-0.05, 0) is 39.0 Å². The van der Waals surface area contributed by atoms with Gasteiger partial charge in [0.25, 0.3) is 0 Å². The van der Waals surface area contributed by atoms with Crippen molar-refractivity contribution in [1.82, 2.24) is 0 Å². The number of hydrogen-bond acceptors (Lipinski definition) is 5. The summed E-state index contributed by atoms with van der Waals surface area (Å²) in [7, 11) is 0. The first-order valence-corrected chi connectivity index (χ1v) is 7.95.